The minimum Gasteiger partial charge on any atom is -0.276 e. The zero-order valence-corrected chi connectivity index (χ0v) is 14.5. The monoisotopic (exact) mass is 287 g/mol. The van der Waals surface area contributed by atoms with Crippen molar-refractivity contribution in [2.24, 2.45) is 0 Å². The molecule has 0 bridgehead atoms. The molecule has 0 amide bonds. The molecule has 0 rings (SSSR count). The van der Waals surface area contributed by atoms with Crippen LogP contribution < -0.4 is 21.4 Å². The number of hydrogen-bond acceptors (Lipinski definition) is 5. The molecule has 1 atom stereocenters. The summed E-state index contributed by atoms with van der Waals surface area (Å²) in [5.41, 5.74) is 3.49. The highest BCUT2D eigenvalue weighted by molar-refractivity contribution is 4.80. The molecule has 4 N–H and O–H groups in total. The third-order valence-corrected chi connectivity index (χ3v) is 3.42. The maximum atomic E-state index is 3.55. The van der Waals surface area contributed by atoms with E-state index in [1.807, 2.05) is 7.05 Å². The van der Waals surface area contributed by atoms with E-state index in [-0.39, 0.29) is 0 Å². The second-order valence-electron chi connectivity index (χ2n) is 5.67. The van der Waals surface area contributed by atoms with Gasteiger partial charge in [-0.15, -0.1) is 0 Å². The van der Waals surface area contributed by atoms with Crippen LogP contribution in [-0.2, 0) is 0 Å². The van der Waals surface area contributed by atoms with Crippen LogP contribution in [0.4, 0.5) is 0 Å². The third kappa shape index (κ3) is 7.55. The lowest BCUT2D eigenvalue weighted by molar-refractivity contribution is -0.0263. The SMILES string of the molecule is CCCCCCCNN(C)C(NC)(NCC)NC(C)C. The van der Waals surface area contributed by atoms with Crippen molar-refractivity contribution < 1.29 is 0 Å². The Morgan fingerprint density at radius 1 is 1.05 bits per heavy atom. The number of nitrogens with one attached hydrogen (secondary N) is 4. The first-order valence-corrected chi connectivity index (χ1v) is 8.21. The van der Waals surface area contributed by atoms with Crippen molar-refractivity contribution in [2.75, 3.05) is 27.2 Å². The zero-order chi connectivity index (χ0) is 15.4. The molecule has 0 aromatic rings. The van der Waals surface area contributed by atoms with Gasteiger partial charge in [-0.05, 0) is 33.9 Å². The van der Waals surface area contributed by atoms with Crippen LogP contribution in [0, 0.1) is 0 Å². The lowest BCUT2D eigenvalue weighted by Crippen LogP contribution is -2.77. The Morgan fingerprint density at radius 2 is 1.70 bits per heavy atom. The number of hydrogen-bond donors (Lipinski definition) is 4. The van der Waals surface area contributed by atoms with Crippen molar-refractivity contribution >= 4 is 0 Å². The molecular weight excluding hydrogens is 250 g/mol. The highest BCUT2D eigenvalue weighted by Gasteiger charge is 2.32. The van der Waals surface area contributed by atoms with Crippen molar-refractivity contribution in [3.05, 3.63) is 0 Å². The van der Waals surface area contributed by atoms with Crippen LogP contribution in [0.1, 0.15) is 59.8 Å². The van der Waals surface area contributed by atoms with Crippen LogP contribution in [0.3, 0.4) is 0 Å². The Morgan fingerprint density at radius 3 is 2.20 bits per heavy atom. The summed E-state index contributed by atoms with van der Waals surface area (Å²) in [6.07, 6.45) is 6.52. The molecule has 20 heavy (non-hydrogen) atoms. The maximum Gasteiger partial charge on any atom is 0.196 e. The molecule has 0 fully saturated rings. The molecule has 0 spiro atoms. The molecule has 5 heteroatoms. The summed E-state index contributed by atoms with van der Waals surface area (Å²) in [4.78, 5) is 0. The van der Waals surface area contributed by atoms with Crippen molar-refractivity contribution in [1.82, 2.24) is 26.4 Å². The molecule has 0 saturated carbocycles. The van der Waals surface area contributed by atoms with E-state index in [4.69, 9.17) is 0 Å². The standard InChI is InChI=1S/C15H37N5/c1-7-9-10-11-12-13-18-20(6)15(16-5,17-8-2)19-14(3)4/h14,16-19H,7-13H2,1-6H3. The number of unbranched alkanes of at least 4 members (excludes halogenated alkanes) is 4. The molecule has 0 heterocycles. The fraction of sp³-hybridized carbons (Fsp3) is 1.00. The molecule has 0 aliphatic carbocycles. The largest absolute Gasteiger partial charge is 0.276 e. The highest BCUT2D eigenvalue weighted by atomic mass is 15.7. The van der Waals surface area contributed by atoms with Crippen LogP contribution in [0.2, 0.25) is 0 Å². The van der Waals surface area contributed by atoms with Crippen LogP contribution in [0.25, 0.3) is 0 Å². The molecule has 0 aromatic heterocycles. The van der Waals surface area contributed by atoms with E-state index in [9.17, 15) is 0 Å². The average molecular weight is 287 g/mol. The molecule has 1 unspecified atom stereocenters. The first-order valence-electron chi connectivity index (χ1n) is 8.21. The summed E-state index contributed by atoms with van der Waals surface area (Å²) >= 11 is 0. The van der Waals surface area contributed by atoms with E-state index in [1.54, 1.807) is 0 Å². The molecule has 0 aliphatic heterocycles. The first kappa shape index (κ1) is 19.8. The first-order chi connectivity index (χ1) is 9.52. The summed E-state index contributed by atoms with van der Waals surface area (Å²) in [5, 5.41) is 12.5. The van der Waals surface area contributed by atoms with E-state index in [0.29, 0.717) is 6.04 Å². The number of nitrogens with zero attached hydrogens (tertiary/aromatic N) is 1. The van der Waals surface area contributed by atoms with Gasteiger partial charge < -0.3 is 0 Å². The summed E-state index contributed by atoms with van der Waals surface area (Å²) in [6, 6.07) is 0.385. The van der Waals surface area contributed by atoms with Crippen molar-refractivity contribution in [3.63, 3.8) is 0 Å². The minimum absolute atomic E-state index is 0.385. The van der Waals surface area contributed by atoms with Crippen molar-refractivity contribution in [1.29, 1.82) is 0 Å². The Labute approximate surface area is 126 Å². The molecule has 0 radical (unpaired) electrons. The van der Waals surface area contributed by atoms with Crippen LogP contribution in [-0.4, -0.2) is 44.1 Å². The molecule has 0 saturated heterocycles. The van der Waals surface area contributed by atoms with Crippen molar-refractivity contribution in [2.45, 2.75) is 71.8 Å². The van der Waals surface area contributed by atoms with Gasteiger partial charge in [0.05, 0.1) is 0 Å². The van der Waals surface area contributed by atoms with E-state index in [0.717, 1.165) is 13.1 Å². The predicted octanol–water partition coefficient (Wildman–Crippen LogP) is 1.83. The van der Waals surface area contributed by atoms with Gasteiger partial charge in [0, 0.05) is 19.6 Å². The van der Waals surface area contributed by atoms with E-state index in [1.165, 1.54) is 32.1 Å². The topological polar surface area (TPSA) is 51.4 Å². The smallest absolute Gasteiger partial charge is 0.196 e. The van der Waals surface area contributed by atoms with Gasteiger partial charge in [0.15, 0.2) is 5.91 Å². The summed E-state index contributed by atoms with van der Waals surface area (Å²) in [7, 11) is 4.04. The fourth-order valence-corrected chi connectivity index (χ4v) is 2.36. The van der Waals surface area contributed by atoms with Gasteiger partial charge in [-0.3, -0.25) is 21.4 Å². The normalized spacial score (nSPS) is 15.0. The van der Waals surface area contributed by atoms with Gasteiger partial charge in [-0.2, -0.15) is 0 Å². The lowest BCUT2D eigenvalue weighted by Gasteiger charge is -2.44. The number of rotatable bonds is 13. The van der Waals surface area contributed by atoms with Gasteiger partial charge in [0.25, 0.3) is 0 Å². The minimum atomic E-state index is -0.410. The maximum absolute atomic E-state index is 3.55. The Kier molecular flexibility index (Phi) is 11.3. The van der Waals surface area contributed by atoms with Crippen molar-refractivity contribution in [3.8, 4) is 0 Å². The highest BCUT2D eigenvalue weighted by Crippen LogP contribution is 2.04. The second kappa shape index (κ2) is 11.5. The fourth-order valence-electron chi connectivity index (χ4n) is 2.36. The molecule has 5 nitrogen and oxygen atoms in total. The van der Waals surface area contributed by atoms with E-state index < -0.39 is 5.91 Å². The summed E-state index contributed by atoms with van der Waals surface area (Å²) in [5.74, 6) is -0.410. The Bertz CT molecular complexity index is 222. The number of hydrazine groups is 1. The zero-order valence-electron chi connectivity index (χ0n) is 14.5. The third-order valence-electron chi connectivity index (χ3n) is 3.42. The van der Waals surface area contributed by atoms with Crippen LogP contribution in [0.15, 0.2) is 0 Å². The van der Waals surface area contributed by atoms with Gasteiger partial charge in [0.2, 0.25) is 0 Å². The van der Waals surface area contributed by atoms with Crippen LogP contribution >= 0.6 is 0 Å². The van der Waals surface area contributed by atoms with E-state index >= 15 is 0 Å². The lowest BCUT2D eigenvalue weighted by atomic mass is 10.2. The van der Waals surface area contributed by atoms with Gasteiger partial charge >= 0.3 is 0 Å². The second-order valence-corrected chi connectivity index (χ2v) is 5.67. The van der Waals surface area contributed by atoms with Crippen LogP contribution in [0.5, 0.6) is 0 Å². The molecule has 0 aliphatic rings. The Balaban J connectivity index is 4.22. The van der Waals surface area contributed by atoms with Gasteiger partial charge in [0.1, 0.15) is 0 Å². The molecule has 122 valence electrons. The summed E-state index contributed by atoms with van der Waals surface area (Å²) < 4.78 is 0. The Hall–Kier alpha value is -0.200. The average Bonchev–Trinajstić information content (AvgIpc) is 2.41. The predicted molar refractivity (Wildman–Crippen MR) is 88.3 cm³/mol. The molecule has 0 aromatic carbocycles. The van der Waals surface area contributed by atoms with E-state index in [2.05, 4.69) is 61.1 Å². The molecular formula is C15H37N5. The van der Waals surface area contributed by atoms with Gasteiger partial charge in [-0.25, -0.2) is 5.01 Å². The van der Waals surface area contributed by atoms with Gasteiger partial charge in [-0.1, -0.05) is 39.5 Å². The summed E-state index contributed by atoms with van der Waals surface area (Å²) in [6.45, 7) is 10.6. The quantitative estimate of drug-likeness (QED) is 0.237.